The van der Waals surface area contributed by atoms with E-state index in [1.807, 2.05) is 17.5 Å². The molecule has 156 valence electrons. The van der Waals surface area contributed by atoms with Gasteiger partial charge in [0.25, 0.3) is 17.4 Å². The lowest BCUT2D eigenvalue weighted by Crippen LogP contribution is -2.28. The first-order chi connectivity index (χ1) is 14.9. The second-order valence-corrected chi connectivity index (χ2v) is 7.93. The minimum atomic E-state index is -0.877. The highest BCUT2D eigenvalue weighted by Gasteiger charge is 2.46. The normalized spacial score (nSPS) is 17.8. The van der Waals surface area contributed by atoms with Crippen molar-refractivity contribution in [3.8, 4) is 5.75 Å². The number of benzene rings is 2. The Morgan fingerprint density at radius 3 is 2.32 bits per heavy atom. The maximum Gasteiger partial charge on any atom is 0.295 e. The first-order valence-corrected chi connectivity index (χ1v) is 10.1. The fraction of sp³-hybridized carbons (Fsp3) is 0.0909. The van der Waals surface area contributed by atoms with Crippen molar-refractivity contribution >= 4 is 34.5 Å². The number of non-ortho nitro benzene ring substituents is 1. The van der Waals surface area contributed by atoms with E-state index in [-0.39, 0.29) is 29.1 Å². The van der Waals surface area contributed by atoms with Crippen LogP contribution in [0.2, 0.25) is 0 Å². The molecule has 4 rings (SSSR count). The van der Waals surface area contributed by atoms with Crippen LogP contribution in [-0.4, -0.2) is 31.7 Å². The summed E-state index contributed by atoms with van der Waals surface area (Å²) in [6.07, 6.45) is 0. The first kappa shape index (κ1) is 20.3. The molecule has 1 aliphatic heterocycles. The number of nitro groups is 1. The number of phenolic OH excluding ortho intramolecular Hbond substituents is 1. The van der Waals surface area contributed by atoms with Crippen LogP contribution in [0.5, 0.6) is 5.75 Å². The molecule has 2 heterocycles. The lowest BCUT2D eigenvalue weighted by molar-refractivity contribution is -0.384. The van der Waals surface area contributed by atoms with Crippen molar-refractivity contribution in [1.82, 2.24) is 4.90 Å². The van der Waals surface area contributed by atoms with Crippen molar-refractivity contribution in [3.05, 3.63) is 97.7 Å². The second kappa shape index (κ2) is 8.04. The summed E-state index contributed by atoms with van der Waals surface area (Å²) < 4.78 is 0. The van der Waals surface area contributed by atoms with Gasteiger partial charge in [-0.3, -0.25) is 19.7 Å². The molecule has 1 fully saturated rings. The van der Waals surface area contributed by atoms with Gasteiger partial charge in [0.2, 0.25) is 0 Å². The number of rotatable bonds is 5. The Morgan fingerprint density at radius 1 is 1.06 bits per heavy atom. The maximum absolute atomic E-state index is 12.9. The van der Waals surface area contributed by atoms with Gasteiger partial charge in [-0.25, -0.2) is 0 Å². The number of hydrogen-bond donors (Lipinski definition) is 2. The zero-order chi connectivity index (χ0) is 22.1. The van der Waals surface area contributed by atoms with E-state index in [2.05, 4.69) is 0 Å². The van der Waals surface area contributed by atoms with Crippen molar-refractivity contribution in [1.29, 1.82) is 0 Å². The summed E-state index contributed by atoms with van der Waals surface area (Å²) in [5.41, 5.74) is 0.450. The molecule has 0 radical (unpaired) electrons. The van der Waals surface area contributed by atoms with Gasteiger partial charge in [0, 0.05) is 22.6 Å². The van der Waals surface area contributed by atoms with Gasteiger partial charge in [0.05, 0.1) is 23.1 Å². The molecule has 0 spiro atoms. The number of aromatic hydroxyl groups is 1. The monoisotopic (exact) mass is 436 g/mol. The number of carbonyl (C=O) groups excluding carboxylic acids is 2. The van der Waals surface area contributed by atoms with Crippen molar-refractivity contribution < 1.29 is 24.7 Å². The molecule has 2 aromatic carbocycles. The number of hydrogen-bond acceptors (Lipinski definition) is 7. The minimum Gasteiger partial charge on any atom is -0.508 e. The summed E-state index contributed by atoms with van der Waals surface area (Å²) in [7, 11) is 0. The predicted octanol–water partition coefficient (Wildman–Crippen LogP) is 3.98. The van der Waals surface area contributed by atoms with Gasteiger partial charge in [-0.2, -0.15) is 0 Å². The molecular formula is C22H16N2O6S. The molecule has 1 atom stereocenters. The van der Waals surface area contributed by atoms with E-state index in [9.17, 15) is 29.9 Å². The number of ketones is 1. The van der Waals surface area contributed by atoms with Gasteiger partial charge in [-0.1, -0.05) is 18.2 Å². The summed E-state index contributed by atoms with van der Waals surface area (Å²) in [6.45, 7) is 0.171. The van der Waals surface area contributed by atoms with E-state index in [4.69, 9.17) is 0 Å². The Bertz CT molecular complexity index is 1180. The summed E-state index contributed by atoms with van der Waals surface area (Å²) in [4.78, 5) is 38.4. The summed E-state index contributed by atoms with van der Waals surface area (Å²) in [5.74, 6) is -1.99. The lowest BCUT2D eigenvalue weighted by atomic mass is 9.95. The van der Waals surface area contributed by atoms with Crippen molar-refractivity contribution in [2.24, 2.45) is 0 Å². The molecule has 3 aromatic rings. The van der Waals surface area contributed by atoms with Crippen molar-refractivity contribution in [2.75, 3.05) is 0 Å². The number of thiophene rings is 1. The average molecular weight is 436 g/mol. The molecular weight excluding hydrogens is 420 g/mol. The molecule has 0 saturated carbocycles. The second-order valence-electron chi connectivity index (χ2n) is 6.90. The largest absolute Gasteiger partial charge is 0.508 e. The average Bonchev–Trinajstić information content (AvgIpc) is 3.36. The highest BCUT2D eigenvalue weighted by molar-refractivity contribution is 7.09. The number of nitro benzene ring substituents is 1. The number of phenols is 1. The topological polar surface area (TPSA) is 121 Å². The lowest BCUT2D eigenvalue weighted by Gasteiger charge is -2.25. The van der Waals surface area contributed by atoms with E-state index in [1.165, 1.54) is 52.6 Å². The molecule has 1 aliphatic rings. The molecule has 1 saturated heterocycles. The minimum absolute atomic E-state index is 0.0225. The zero-order valence-corrected chi connectivity index (χ0v) is 16.8. The van der Waals surface area contributed by atoms with E-state index in [0.29, 0.717) is 5.56 Å². The van der Waals surface area contributed by atoms with E-state index in [1.54, 1.807) is 12.1 Å². The Morgan fingerprint density at radius 2 is 1.74 bits per heavy atom. The van der Waals surface area contributed by atoms with Crippen molar-refractivity contribution in [2.45, 2.75) is 12.6 Å². The van der Waals surface area contributed by atoms with E-state index < -0.39 is 28.4 Å². The number of carbonyl (C=O) groups is 2. The van der Waals surface area contributed by atoms with Crippen LogP contribution in [0.1, 0.15) is 22.0 Å². The van der Waals surface area contributed by atoms with Crippen LogP contribution >= 0.6 is 11.3 Å². The Balaban J connectivity index is 1.84. The summed E-state index contributed by atoms with van der Waals surface area (Å²) in [5, 5.41) is 33.3. The zero-order valence-electron chi connectivity index (χ0n) is 16.0. The van der Waals surface area contributed by atoms with Crippen LogP contribution in [0.3, 0.4) is 0 Å². The standard InChI is InChI=1S/C22H16N2O6S/c25-16-9-5-13(6-10-16)19-18(20(26)14-3-7-15(8-4-14)24(29)30)21(27)22(28)23(19)12-17-2-1-11-31-17/h1-11,19,25-26H,12H2/b20-18-. The van der Waals surface area contributed by atoms with Crippen LogP contribution in [0.15, 0.2) is 71.6 Å². The predicted molar refractivity (Wildman–Crippen MR) is 113 cm³/mol. The van der Waals surface area contributed by atoms with E-state index >= 15 is 0 Å². The highest BCUT2D eigenvalue weighted by Crippen LogP contribution is 2.41. The summed E-state index contributed by atoms with van der Waals surface area (Å²) in [6, 6.07) is 13.9. The Kier molecular flexibility index (Phi) is 5.26. The molecule has 1 aromatic heterocycles. The molecule has 8 nitrogen and oxygen atoms in total. The van der Waals surface area contributed by atoms with Crippen LogP contribution in [0.25, 0.3) is 5.76 Å². The maximum atomic E-state index is 12.9. The van der Waals surface area contributed by atoms with Gasteiger partial charge in [0.15, 0.2) is 0 Å². The van der Waals surface area contributed by atoms with Crippen LogP contribution < -0.4 is 0 Å². The molecule has 2 N–H and O–H groups in total. The van der Waals surface area contributed by atoms with Gasteiger partial charge in [-0.15, -0.1) is 11.3 Å². The molecule has 31 heavy (non-hydrogen) atoms. The van der Waals surface area contributed by atoms with Crippen LogP contribution in [-0.2, 0) is 16.1 Å². The quantitative estimate of drug-likeness (QED) is 0.205. The fourth-order valence-corrected chi connectivity index (χ4v) is 4.22. The molecule has 1 unspecified atom stereocenters. The third kappa shape index (κ3) is 3.78. The number of aliphatic hydroxyl groups is 1. The number of amides is 1. The fourth-order valence-electron chi connectivity index (χ4n) is 3.51. The SMILES string of the molecule is O=C1C(=O)N(Cc2cccs2)C(c2ccc(O)cc2)/C1=C(/O)c1ccc([N+](=O)[O-])cc1. The van der Waals surface area contributed by atoms with Gasteiger partial charge in [0.1, 0.15) is 11.5 Å². The van der Waals surface area contributed by atoms with Gasteiger partial charge >= 0.3 is 0 Å². The highest BCUT2D eigenvalue weighted by atomic mass is 32.1. The summed E-state index contributed by atoms with van der Waals surface area (Å²) >= 11 is 1.44. The third-order valence-corrected chi connectivity index (χ3v) is 5.87. The smallest absolute Gasteiger partial charge is 0.295 e. The van der Waals surface area contributed by atoms with Gasteiger partial charge in [-0.05, 0) is 41.3 Å². The molecule has 9 heteroatoms. The third-order valence-electron chi connectivity index (χ3n) is 5.01. The van der Waals surface area contributed by atoms with Crippen LogP contribution in [0.4, 0.5) is 5.69 Å². The van der Waals surface area contributed by atoms with Crippen molar-refractivity contribution in [3.63, 3.8) is 0 Å². The Labute approximate surface area is 180 Å². The number of Topliss-reactive ketones (excluding diaryl/α,β-unsaturated/α-hetero) is 1. The molecule has 0 aliphatic carbocycles. The number of likely N-dealkylation sites (tertiary alicyclic amines) is 1. The number of aliphatic hydroxyl groups excluding tert-OH is 1. The van der Waals surface area contributed by atoms with E-state index in [0.717, 1.165) is 4.88 Å². The van der Waals surface area contributed by atoms with Crippen LogP contribution in [0, 0.1) is 10.1 Å². The molecule has 1 amide bonds. The van der Waals surface area contributed by atoms with Gasteiger partial charge < -0.3 is 15.1 Å². The number of nitrogens with zero attached hydrogens (tertiary/aromatic N) is 2. The Hall–Kier alpha value is -3.98. The first-order valence-electron chi connectivity index (χ1n) is 9.21. The molecule has 0 bridgehead atoms.